The molecular weight excluding hydrogens is 354 g/mol. The first-order chi connectivity index (χ1) is 13.4. The smallest absolute Gasteiger partial charge is 0.239 e. The van der Waals surface area contributed by atoms with Crippen LogP contribution in [0.15, 0.2) is 54.6 Å². The highest BCUT2D eigenvalue weighted by molar-refractivity contribution is 5.85. The molecule has 0 aliphatic rings. The van der Waals surface area contributed by atoms with Crippen LogP contribution in [0.5, 0.6) is 0 Å². The van der Waals surface area contributed by atoms with Crippen LogP contribution in [0.4, 0.5) is 0 Å². The molecular formula is C22H27N3O3. The molecule has 0 spiro atoms. The zero-order valence-corrected chi connectivity index (χ0v) is 16.3. The van der Waals surface area contributed by atoms with Gasteiger partial charge in [0.05, 0.1) is 19.0 Å². The molecule has 148 valence electrons. The number of hydrogen-bond donors (Lipinski definition) is 3. The van der Waals surface area contributed by atoms with Crippen molar-refractivity contribution in [2.24, 2.45) is 0 Å². The summed E-state index contributed by atoms with van der Waals surface area (Å²) in [6.45, 7) is 3.81. The first-order valence-electron chi connectivity index (χ1n) is 9.35. The van der Waals surface area contributed by atoms with Crippen LogP contribution < -0.4 is 16.0 Å². The van der Waals surface area contributed by atoms with Gasteiger partial charge in [-0.05, 0) is 24.5 Å². The SMILES string of the molecule is CC(=O)N[C@H](CC(=O)NCC(=O)NCCc1ccccc1)c1ccc(C)cc1. The lowest BCUT2D eigenvalue weighted by molar-refractivity contribution is -0.127. The standard InChI is InChI=1S/C22H27N3O3/c1-16-8-10-19(11-9-16)20(25-17(2)26)14-21(27)24-15-22(28)23-13-12-18-6-4-3-5-7-18/h3-11,20H,12-15H2,1-2H3,(H,23,28)(H,24,27)(H,25,26)/t20-/m1/s1. The summed E-state index contributed by atoms with van der Waals surface area (Å²) in [5, 5.41) is 8.19. The fraction of sp³-hybridized carbons (Fsp3) is 0.318. The highest BCUT2D eigenvalue weighted by Crippen LogP contribution is 2.17. The molecule has 3 N–H and O–H groups in total. The van der Waals surface area contributed by atoms with E-state index in [2.05, 4.69) is 16.0 Å². The quantitative estimate of drug-likeness (QED) is 0.621. The molecule has 0 saturated carbocycles. The third-order valence-electron chi connectivity index (χ3n) is 4.27. The van der Waals surface area contributed by atoms with Gasteiger partial charge >= 0.3 is 0 Å². The van der Waals surface area contributed by atoms with E-state index in [1.165, 1.54) is 6.92 Å². The highest BCUT2D eigenvalue weighted by atomic mass is 16.2. The van der Waals surface area contributed by atoms with Crippen molar-refractivity contribution in [2.75, 3.05) is 13.1 Å². The van der Waals surface area contributed by atoms with E-state index in [0.717, 1.165) is 23.1 Å². The predicted octanol–water partition coefficient (Wildman–Crippen LogP) is 2.04. The molecule has 0 aliphatic carbocycles. The van der Waals surface area contributed by atoms with Gasteiger partial charge < -0.3 is 16.0 Å². The summed E-state index contributed by atoms with van der Waals surface area (Å²) in [5.41, 5.74) is 3.09. The molecule has 3 amide bonds. The van der Waals surface area contributed by atoms with E-state index in [9.17, 15) is 14.4 Å². The lowest BCUT2D eigenvalue weighted by Gasteiger charge is -2.18. The van der Waals surface area contributed by atoms with E-state index in [1.54, 1.807) is 0 Å². The minimum Gasteiger partial charge on any atom is -0.354 e. The van der Waals surface area contributed by atoms with Crippen LogP contribution in [0.1, 0.15) is 36.1 Å². The summed E-state index contributed by atoms with van der Waals surface area (Å²) in [7, 11) is 0. The Morgan fingerprint density at radius 3 is 2.21 bits per heavy atom. The molecule has 0 heterocycles. The van der Waals surface area contributed by atoms with Crippen LogP contribution in [0.2, 0.25) is 0 Å². The van der Waals surface area contributed by atoms with Gasteiger partial charge in [-0.3, -0.25) is 14.4 Å². The van der Waals surface area contributed by atoms with Gasteiger partial charge in [-0.1, -0.05) is 60.2 Å². The van der Waals surface area contributed by atoms with E-state index < -0.39 is 6.04 Å². The second kappa shape index (κ2) is 10.9. The van der Waals surface area contributed by atoms with Gasteiger partial charge in [-0.2, -0.15) is 0 Å². The molecule has 6 heteroatoms. The third kappa shape index (κ3) is 7.61. The second-order valence-corrected chi connectivity index (χ2v) is 6.73. The predicted molar refractivity (Wildman–Crippen MR) is 109 cm³/mol. The molecule has 0 unspecified atom stereocenters. The van der Waals surface area contributed by atoms with Crippen molar-refractivity contribution in [1.82, 2.24) is 16.0 Å². The monoisotopic (exact) mass is 381 g/mol. The number of nitrogens with one attached hydrogen (secondary N) is 3. The number of carbonyl (C=O) groups excluding carboxylic acids is 3. The Kier molecular flexibility index (Phi) is 8.21. The Balaban J connectivity index is 1.77. The number of aryl methyl sites for hydroxylation is 1. The molecule has 28 heavy (non-hydrogen) atoms. The minimum atomic E-state index is -0.431. The van der Waals surface area contributed by atoms with Crippen LogP contribution in [0.3, 0.4) is 0 Å². The zero-order chi connectivity index (χ0) is 20.4. The number of rotatable bonds is 9. The van der Waals surface area contributed by atoms with Crippen molar-refractivity contribution in [1.29, 1.82) is 0 Å². The van der Waals surface area contributed by atoms with Crippen LogP contribution in [-0.4, -0.2) is 30.8 Å². The molecule has 0 aliphatic heterocycles. The van der Waals surface area contributed by atoms with Gasteiger partial charge in [-0.15, -0.1) is 0 Å². The Morgan fingerprint density at radius 1 is 0.893 bits per heavy atom. The highest BCUT2D eigenvalue weighted by Gasteiger charge is 2.17. The van der Waals surface area contributed by atoms with E-state index in [0.29, 0.717) is 6.54 Å². The Labute approximate surface area is 165 Å². The number of benzene rings is 2. The largest absolute Gasteiger partial charge is 0.354 e. The van der Waals surface area contributed by atoms with Gasteiger partial charge in [0, 0.05) is 13.5 Å². The summed E-state index contributed by atoms with van der Waals surface area (Å²) in [6, 6.07) is 17.1. The second-order valence-electron chi connectivity index (χ2n) is 6.73. The molecule has 2 aromatic carbocycles. The third-order valence-corrected chi connectivity index (χ3v) is 4.27. The molecule has 1 atom stereocenters. The van der Waals surface area contributed by atoms with Gasteiger partial charge in [0.1, 0.15) is 0 Å². The van der Waals surface area contributed by atoms with Crippen molar-refractivity contribution in [3.8, 4) is 0 Å². The number of carbonyl (C=O) groups is 3. The maximum atomic E-state index is 12.2. The van der Waals surface area contributed by atoms with Crippen molar-refractivity contribution in [3.05, 3.63) is 71.3 Å². The molecule has 2 rings (SSSR count). The van der Waals surface area contributed by atoms with Crippen LogP contribution in [0, 0.1) is 6.92 Å². The lowest BCUT2D eigenvalue weighted by Crippen LogP contribution is -2.39. The summed E-state index contributed by atoms with van der Waals surface area (Å²) in [5.74, 6) is -0.745. The maximum absolute atomic E-state index is 12.2. The van der Waals surface area contributed by atoms with Crippen LogP contribution in [-0.2, 0) is 20.8 Å². The zero-order valence-electron chi connectivity index (χ0n) is 16.3. The normalized spacial score (nSPS) is 11.4. The Morgan fingerprint density at radius 2 is 1.57 bits per heavy atom. The van der Waals surface area contributed by atoms with Crippen molar-refractivity contribution >= 4 is 17.7 Å². The number of amides is 3. The van der Waals surface area contributed by atoms with Crippen molar-refractivity contribution in [2.45, 2.75) is 32.7 Å². The lowest BCUT2D eigenvalue weighted by atomic mass is 10.0. The number of hydrogen-bond acceptors (Lipinski definition) is 3. The summed E-state index contributed by atoms with van der Waals surface area (Å²) < 4.78 is 0. The average molecular weight is 381 g/mol. The Hall–Kier alpha value is -3.15. The fourth-order valence-corrected chi connectivity index (χ4v) is 2.79. The van der Waals surface area contributed by atoms with Gasteiger partial charge in [0.2, 0.25) is 17.7 Å². The van der Waals surface area contributed by atoms with Gasteiger partial charge in [-0.25, -0.2) is 0 Å². The summed E-state index contributed by atoms with van der Waals surface area (Å²) in [6.07, 6.45) is 0.804. The summed E-state index contributed by atoms with van der Waals surface area (Å²) in [4.78, 5) is 35.6. The molecule has 0 bridgehead atoms. The molecule has 0 fully saturated rings. The molecule has 0 aromatic heterocycles. The maximum Gasteiger partial charge on any atom is 0.239 e. The van der Waals surface area contributed by atoms with Crippen LogP contribution >= 0.6 is 0 Å². The molecule has 0 saturated heterocycles. The first kappa shape index (κ1) is 21.2. The minimum absolute atomic E-state index is 0.0694. The fourth-order valence-electron chi connectivity index (χ4n) is 2.79. The summed E-state index contributed by atoms with van der Waals surface area (Å²) >= 11 is 0. The van der Waals surface area contributed by atoms with E-state index >= 15 is 0 Å². The van der Waals surface area contributed by atoms with Crippen molar-refractivity contribution in [3.63, 3.8) is 0 Å². The van der Waals surface area contributed by atoms with Crippen LogP contribution in [0.25, 0.3) is 0 Å². The topological polar surface area (TPSA) is 87.3 Å². The first-order valence-corrected chi connectivity index (χ1v) is 9.35. The van der Waals surface area contributed by atoms with Gasteiger partial charge in [0.25, 0.3) is 0 Å². The molecule has 6 nitrogen and oxygen atoms in total. The van der Waals surface area contributed by atoms with E-state index in [-0.39, 0.29) is 30.7 Å². The molecule has 2 aromatic rings. The Bertz CT molecular complexity index is 788. The van der Waals surface area contributed by atoms with E-state index in [4.69, 9.17) is 0 Å². The molecule has 0 radical (unpaired) electrons. The van der Waals surface area contributed by atoms with Crippen molar-refractivity contribution < 1.29 is 14.4 Å². The average Bonchev–Trinajstić information content (AvgIpc) is 2.67. The van der Waals surface area contributed by atoms with Gasteiger partial charge in [0.15, 0.2) is 0 Å². The van der Waals surface area contributed by atoms with E-state index in [1.807, 2.05) is 61.5 Å².